The summed E-state index contributed by atoms with van der Waals surface area (Å²) in [7, 11) is 2.23. The quantitative estimate of drug-likeness (QED) is 0.721. The zero-order chi connectivity index (χ0) is 11.3. The fourth-order valence-corrected chi connectivity index (χ4v) is 3.69. The third-order valence-corrected chi connectivity index (χ3v) is 4.37. The fourth-order valence-electron chi connectivity index (χ4n) is 3.69. The first kappa shape index (κ1) is 10.2. The highest BCUT2D eigenvalue weighted by Gasteiger charge is 2.41. The number of phenols is 1. The van der Waals surface area contributed by atoms with Crippen LogP contribution in [0.1, 0.15) is 30.4 Å². The molecule has 1 fully saturated rings. The highest BCUT2D eigenvalue weighted by molar-refractivity contribution is 5.41. The molecule has 0 bridgehead atoms. The number of aromatic hydroxyl groups is 1. The standard InChI is InChI=1S/C14H19NO/c1-9-8-15(2)13-6-4-10-3-5-11(16)7-12(10)14(9)13/h3,5,7,9,13-14,16H,4,6,8H2,1-2H3/t9-,13-,14+/m0/s1. The lowest BCUT2D eigenvalue weighted by molar-refractivity contribution is 0.274. The van der Waals surface area contributed by atoms with Crippen molar-refractivity contribution in [2.24, 2.45) is 5.92 Å². The van der Waals surface area contributed by atoms with E-state index in [9.17, 15) is 5.11 Å². The molecule has 1 saturated heterocycles. The van der Waals surface area contributed by atoms with E-state index in [4.69, 9.17) is 0 Å². The smallest absolute Gasteiger partial charge is 0.115 e. The second kappa shape index (κ2) is 3.49. The van der Waals surface area contributed by atoms with Crippen molar-refractivity contribution in [1.29, 1.82) is 0 Å². The van der Waals surface area contributed by atoms with Crippen molar-refractivity contribution < 1.29 is 5.11 Å². The Bertz CT molecular complexity index is 415. The molecular weight excluding hydrogens is 198 g/mol. The van der Waals surface area contributed by atoms with Gasteiger partial charge in [0.25, 0.3) is 0 Å². The average molecular weight is 217 g/mol. The average Bonchev–Trinajstić information content (AvgIpc) is 2.54. The van der Waals surface area contributed by atoms with Gasteiger partial charge in [-0.15, -0.1) is 0 Å². The van der Waals surface area contributed by atoms with Crippen LogP contribution in [0.4, 0.5) is 0 Å². The Hall–Kier alpha value is -1.02. The van der Waals surface area contributed by atoms with Gasteiger partial charge in [0, 0.05) is 18.5 Å². The van der Waals surface area contributed by atoms with E-state index in [-0.39, 0.29) is 0 Å². The first-order valence-corrected chi connectivity index (χ1v) is 6.19. The Kier molecular flexibility index (Phi) is 2.21. The molecule has 3 rings (SSSR count). The molecule has 0 aromatic heterocycles. The molecule has 0 saturated carbocycles. The zero-order valence-corrected chi connectivity index (χ0v) is 9.98. The number of aryl methyl sites for hydroxylation is 1. The van der Waals surface area contributed by atoms with Crippen molar-refractivity contribution in [1.82, 2.24) is 4.90 Å². The molecule has 0 spiro atoms. The van der Waals surface area contributed by atoms with Gasteiger partial charge in [-0.05, 0) is 49.1 Å². The van der Waals surface area contributed by atoms with Crippen LogP contribution in [-0.2, 0) is 6.42 Å². The monoisotopic (exact) mass is 217 g/mol. The van der Waals surface area contributed by atoms with Crippen molar-refractivity contribution in [3.63, 3.8) is 0 Å². The Labute approximate surface area is 96.9 Å². The van der Waals surface area contributed by atoms with Crippen LogP contribution in [-0.4, -0.2) is 29.6 Å². The fraction of sp³-hybridized carbons (Fsp3) is 0.571. The van der Waals surface area contributed by atoms with Gasteiger partial charge in [-0.1, -0.05) is 13.0 Å². The summed E-state index contributed by atoms with van der Waals surface area (Å²) in [5.74, 6) is 1.75. The summed E-state index contributed by atoms with van der Waals surface area (Å²) < 4.78 is 0. The third kappa shape index (κ3) is 1.36. The number of phenolic OH excluding ortho intramolecular Hbond substituents is 1. The lowest BCUT2D eigenvalue weighted by Crippen LogP contribution is -2.32. The predicted octanol–water partition coefficient (Wildman–Crippen LogP) is 2.37. The minimum Gasteiger partial charge on any atom is -0.508 e. The minimum atomic E-state index is 0.418. The van der Waals surface area contributed by atoms with E-state index in [1.807, 2.05) is 12.1 Å². The lowest BCUT2D eigenvalue weighted by atomic mass is 9.76. The summed E-state index contributed by atoms with van der Waals surface area (Å²) in [4.78, 5) is 2.49. The van der Waals surface area contributed by atoms with E-state index in [0.29, 0.717) is 23.6 Å². The summed E-state index contributed by atoms with van der Waals surface area (Å²) in [6, 6.07) is 6.60. The number of fused-ring (bicyclic) bond motifs is 3. The van der Waals surface area contributed by atoms with E-state index < -0.39 is 0 Å². The van der Waals surface area contributed by atoms with Crippen LogP contribution in [0.2, 0.25) is 0 Å². The Morgan fingerprint density at radius 2 is 2.19 bits per heavy atom. The highest BCUT2D eigenvalue weighted by Crippen LogP contribution is 2.44. The zero-order valence-electron chi connectivity index (χ0n) is 9.98. The lowest BCUT2D eigenvalue weighted by Gasteiger charge is -2.32. The van der Waals surface area contributed by atoms with Crippen molar-refractivity contribution in [3.8, 4) is 5.75 Å². The molecule has 2 nitrogen and oxygen atoms in total. The molecular formula is C14H19NO. The number of nitrogens with zero attached hydrogens (tertiary/aromatic N) is 1. The minimum absolute atomic E-state index is 0.418. The van der Waals surface area contributed by atoms with Crippen LogP contribution < -0.4 is 0 Å². The van der Waals surface area contributed by atoms with Crippen molar-refractivity contribution >= 4 is 0 Å². The highest BCUT2D eigenvalue weighted by atomic mass is 16.3. The maximum atomic E-state index is 9.65. The number of likely N-dealkylation sites (tertiary alicyclic amines) is 1. The van der Waals surface area contributed by atoms with Gasteiger partial charge in [0.1, 0.15) is 5.75 Å². The topological polar surface area (TPSA) is 23.5 Å². The molecule has 3 atom stereocenters. The van der Waals surface area contributed by atoms with Crippen molar-refractivity contribution in [3.05, 3.63) is 29.3 Å². The van der Waals surface area contributed by atoms with Gasteiger partial charge >= 0.3 is 0 Å². The second-order valence-electron chi connectivity index (χ2n) is 5.43. The molecule has 1 aromatic rings. The first-order chi connectivity index (χ1) is 7.66. The van der Waals surface area contributed by atoms with E-state index in [1.165, 1.54) is 24.1 Å². The molecule has 0 unspecified atom stereocenters. The SMILES string of the molecule is C[C@H]1CN(C)[C@H]2CCc3ccc(O)cc3[C@@H]12. The first-order valence-electron chi connectivity index (χ1n) is 6.19. The third-order valence-electron chi connectivity index (χ3n) is 4.37. The summed E-state index contributed by atoms with van der Waals surface area (Å²) >= 11 is 0. The number of rotatable bonds is 0. The second-order valence-corrected chi connectivity index (χ2v) is 5.43. The van der Waals surface area contributed by atoms with Gasteiger partial charge < -0.3 is 10.0 Å². The number of likely N-dealkylation sites (N-methyl/N-ethyl adjacent to an activating group) is 1. The Morgan fingerprint density at radius 1 is 1.38 bits per heavy atom. The molecule has 2 heteroatoms. The summed E-state index contributed by atoms with van der Waals surface area (Å²) in [5, 5.41) is 9.65. The van der Waals surface area contributed by atoms with Gasteiger partial charge in [-0.25, -0.2) is 0 Å². The van der Waals surface area contributed by atoms with Gasteiger partial charge in [0.2, 0.25) is 0 Å². The van der Waals surface area contributed by atoms with Gasteiger partial charge in [-0.2, -0.15) is 0 Å². The molecule has 0 amide bonds. The van der Waals surface area contributed by atoms with E-state index in [2.05, 4.69) is 24.9 Å². The number of hydrogen-bond donors (Lipinski definition) is 1. The maximum Gasteiger partial charge on any atom is 0.115 e. The predicted molar refractivity (Wildman–Crippen MR) is 64.8 cm³/mol. The van der Waals surface area contributed by atoms with Crippen LogP contribution in [0.15, 0.2) is 18.2 Å². The molecule has 1 aromatic carbocycles. The summed E-state index contributed by atoms with van der Waals surface area (Å²) in [5.41, 5.74) is 2.84. The molecule has 1 aliphatic heterocycles. The normalized spacial score (nSPS) is 33.5. The van der Waals surface area contributed by atoms with Gasteiger partial charge in [0.05, 0.1) is 0 Å². The molecule has 86 valence electrons. The van der Waals surface area contributed by atoms with Crippen LogP contribution >= 0.6 is 0 Å². The summed E-state index contributed by atoms with van der Waals surface area (Å²) in [6.45, 7) is 3.52. The van der Waals surface area contributed by atoms with Crippen LogP contribution in [0, 0.1) is 5.92 Å². The number of hydrogen-bond acceptors (Lipinski definition) is 2. The molecule has 1 heterocycles. The maximum absolute atomic E-state index is 9.65. The van der Waals surface area contributed by atoms with Gasteiger partial charge in [0.15, 0.2) is 0 Å². The van der Waals surface area contributed by atoms with Crippen LogP contribution in [0.25, 0.3) is 0 Å². The van der Waals surface area contributed by atoms with Crippen molar-refractivity contribution in [2.75, 3.05) is 13.6 Å². The molecule has 2 aliphatic rings. The van der Waals surface area contributed by atoms with E-state index in [1.54, 1.807) is 0 Å². The van der Waals surface area contributed by atoms with Gasteiger partial charge in [-0.3, -0.25) is 0 Å². The summed E-state index contributed by atoms with van der Waals surface area (Å²) in [6.07, 6.45) is 2.43. The van der Waals surface area contributed by atoms with Crippen molar-refractivity contribution in [2.45, 2.75) is 31.7 Å². The molecule has 0 radical (unpaired) electrons. The Morgan fingerprint density at radius 3 is 3.00 bits per heavy atom. The molecule has 1 aliphatic carbocycles. The van der Waals surface area contributed by atoms with E-state index >= 15 is 0 Å². The Balaban J connectivity index is 2.07. The van der Waals surface area contributed by atoms with Crippen LogP contribution in [0.3, 0.4) is 0 Å². The van der Waals surface area contributed by atoms with Crippen LogP contribution in [0.5, 0.6) is 5.75 Å². The largest absolute Gasteiger partial charge is 0.508 e. The van der Waals surface area contributed by atoms with E-state index in [0.717, 1.165) is 6.42 Å². The molecule has 1 N–H and O–H groups in total. The molecule has 16 heavy (non-hydrogen) atoms. The number of benzene rings is 1.